The fraction of sp³-hybridized carbons (Fsp3) is 0.875. The lowest BCUT2D eigenvalue weighted by Crippen LogP contribution is -2.41. The number of thioether (sulfide) groups is 1. The van der Waals surface area contributed by atoms with Crippen molar-refractivity contribution in [2.75, 3.05) is 24.6 Å². The quantitative estimate of drug-likeness (QED) is 0.649. The van der Waals surface area contributed by atoms with Crippen molar-refractivity contribution in [2.24, 2.45) is 5.92 Å². The molecule has 0 spiro atoms. The molecule has 4 heteroatoms. The van der Waals surface area contributed by atoms with Crippen molar-refractivity contribution in [3.8, 4) is 0 Å². The highest BCUT2D eigenvalue weighted by Gasteiger charge is 2.39. The molecule has 3 nitrogen and oxygen atoms in total. The third-order valence-corrected chi connectivity index (χ3v) is 3.84. The van der Waals surface area contributed by atoms with Crippen molar-refractivity contribution < 1.29 is 9.90 Å². The van der Waals surface area contributed by atoms with Gasteiger partial charge in [-0.2, -0.15) is 11.8 Å². The van der Waals surface area contributed by atoms with Crippen molar-refractivity contribution in [2.45, 2.75) is 12.5 Å². The van der Waals surface area contributed by atoms with Gasteiger partial charge in [0.05, 0.1) is 5.92 Å². The number of aliphatic carboxylic acids is 1. The van der Waals surface area contributed by atoms with E-state index in [1.807, 2.05) is 11.8 Å². The minimum Gasteiger partial charge on any atom is -0.481 e. The molecule has 2 aliphatic heterocycles. The summed E-state index contributed by atoms with van der Waals surface area (Å²) >= 11 is 1.89. The van der Waals surface area contributed by atoms with E-state index in [0.717, 1.165) is 25.3 Å². The molecule has 0 aromatic heterocycles. The van der Waals surface area contributed by atoms with Crippen LogP contribution in [-0.4, -0.2) is 46.6 Å². The van der Waals surface area contributed by atoms with Gasteiger partial charge in [0.25, 0.3) is 0 Å². The minimum atomic E-state index is -0.606. The average Bonchev–Trinajstić information content (AvgIpc) is 2.47. The number of hydrogen-bond acceptors (Lipinski definition) is 3. The molecule has 0 aromatic rings. The Morgan fingerprint density at radius 2 is 2.33 bits per heavy atom. The molecule has 0 aliphatic carbocycles. The van der Waals surface area contributed by atoms with Gasteiger partial charge in [-0.05, 0) is 13.0 Å². The first-order valence-electron chi connectivity index (χ1n) is 4.33. The van der Waals surface area contributed by atoms with E-state index in [1.165, 1.54) is 5.75 Å². The van der Waals surface area contributed by atoms with Gasteiger partial charge < -0.3 is 5.11 Å². The van der Waals surface area contributed by atoms with Crippen molar-refractivity contribution >= 4 is 17.7 Å². The topological polar surface area (TPSA) is 40.5 Å². The van der Waals surface area contributed by atoms with Crippen LogP contribution in [0, 0.1) is 5.92 Å². The molecule has 12 heavy (non-hydrogen) atoms. The second-order valence-corrected chi connectivity index (χ2v) is 4.56. The molecule has 2 unspecified atom stereocenters. The van der Waals surface area contributed by atoms with Crippen LogP contribution in [0.4, 0.5) is 0 Å². The van der Waals surface area contributed by atoms with E-state index in [-0.39, 0.29) is 5.92 Å². The van der Waals surface area contributed by atoms with Crippen molar-refractivity contribution in [1.29, 1.82) is 0 Å². The van der Waals surface area contributed by atoms with Gasteiger partial charge in [0.1, 0.15) is 0 Å². The van der Waals surface area contributed by atoms with E-state index in [4.69, 9.17) is 5.11 Å². The normalized spacial score (nSPS) is 36.3. The number of carboxylic acid groups (broad SMARTS) is 1. The van der Waals surface area contributed by atoms with Crippen LogP contribution in [0.25, 0.3) is 0 Å². The summed E-state index contributed by atoms with van der Waals surface area (Å²) in [5.41, 5.74) is 0. The first kappa shape index (κ1) is 8.38. The number of hydrogen-bond donors (Lipinski definition) is 1. The van der Waals surface area contributed by atoms with Gasteiger partial charge in [0.2, 0.25) is 0 Å². The van der Waals surface area contributed by atoms with Gasteiger partial charge in [-0.3, -0.25) is 9.69 Å². The second kappa shape index (κ2) is 3.26. The Morgan fingerprint density at radius 3 is 3.08 bits per heavy atom. The molecular formula is C8H13NO2S. The molecule has 0 radical (unpaired) electrons. The lowest BCUT2D eigenvalue weighted by molar-refractivity contribution is -0.142. The number of carboxylic acids is 1. The highest BCUT2D eigenvalue weighted by molar-refractivity contribution is 7.99. The Bertz CT molecular complexity index is 197. The molecular weight excluding hydrogens is 174 g/mol. The first-order chi connectivity index (χ1) is 5.79. The van der Waals surface area contributed by atoms with E-state index in [0.29, 0.717) is 6.04 Å². The van der Waals surface area contributed by atoms with Gasteiger partial charge >= 0.3 is 5.97 Å². The zero-order chi connectivity index (χ0) is 8.55. The first-order valence-corrected chi connectivity index (χ1v) is 5.49. The van der Waals surface area contributed by atoms with E-state index in [9.17, 15) is 4.79 Å². The summed E-state index contributed by atoms with van der Waals surface area (Å²) in [7, 11) is 0. The van der Waals surface area contributed by atoms with Gasteiger partial charge in [-0.25, -0.2) is 0 Å². The molecule has 0 saturated carbocycles. The standard InChI is InChI=1S/C8H13NO2S/c10-8(11)6-1-2-9-3-4-12-5-7(6)9/h6-7H,1-5H2,(H,10,11). The molecule has 0 bridgehead atoms. The molecule has 2 atom stereocenters. The third-order valence-electron chi connectivity index (χ3n) is 2.79. The molecule has 2 aliphatic rings. The smallest absolute Gasteiger partial charge is 0.308 e. The zero-order valence-corrected chi connectivity index (χ0v) is 7.72. The van der Waals surface area contributed by atoms with Gasteiger partial charge in [-0.15, -0.1) is 0 Å². The summed E-state index contributed by atoms with van der Waals surface area (Å²) in [6.45, 7) is 2.07. The number of carbonyl (C=O) groups is 1. The number of fused-ring (bicyclic) bond motifs is 1. The molecule has 2 fully saturated rings. The summed E-state index contributed by atoms with van der Waals surface area (Å²) in [4.78, 5) is 13.1. The predicted molar refractivity (Wildman–Crippen MR) is 48.4 cm³/mol. The maximum atomic E-state index is 10.8. The Labute approximate surface area is 76.1 Å². The average molecular weight is 187 g/mol. The van der Waals surface area contributed by atoms with Crippen LogP contribution in [0.3, 0.4) is 0 Å². The maximum absolute atomic E-state index is 10.8. The van der Waals surface area contributed by atoms with E-state index in [2.05, 4.69) is 4.90 Å². The fourth-order valence-corrected chi connectivity index (χ4v) is 3.31. The van der Waals surface area contributed by atoms with Gasteiger partial charge in [-0.1, -0.05) is 0 Å². The summed E-state index contributed by atoms with van der Waals surface area (Å²) in [6, 6.07) is 0.321. The SMILES string of the molecule is O=C(O)C1CCN2CCSCC12. The monoisotopic (exact) mass is 187 g/mol. The van der Waals surface area contributed by atoms with Crippen LogP contribution in [-0.2, 0) is 4.79 Å². The lowest BCUT2D eigenvalue weighted by Gasteiger charge is -2.30. The van der Waals surface area contributed by atoms with Crippen LogP contribution >= 0.6 is 11.8 Å². The van der Waals surface area contributed by atoms with Crippen LogP contribution in [0.1, 0.15) is 6.42 Å². The molecule has 68 valence electrons. The highest BCUT2D eigenvalue weighted by Crippen LogP contribution is 2.30. The summed E-state index contributed by atoms with van der Waals surface area (Å²) in [5, 5.41) is 8.92. The van der Waals surface area contributed by atoms with Crippen LogP contribution in [0.2, 0.25) is 0 Å². The van der Waals surface area contributed by atoms with Gasteiger partial charge in [0.15, 0.2) is 0 Å². The van der Waals surface area contributed by atoms with Crippen LogP contribution in [0.15, 0.2) is 0 Å². The Balaban J connectivity index is 2.05. The highest BCUT2D eigenvalue weighted by atomic mass is 32.2. The second-order valence-electron chi connectivity index (χ2n) is 3.41. The van der Waals surface area contributed by atoms with E-state index >= 15 is 0 Å². The minimum absolute atomic E-state index is 0.0993. The van der Waals surface area contributed by atoms with Crippen molar-refractivity contribution in [3.63, 3.8) is 0 Å². The van der Waals surface area contributed by atoms with Crippen LogP contribution in [0.5, 0.6) is 0 Å². The third kappa shape index (κ3) is 1.33. The number of rotatable bonds is 1. The molecule has 2 heterocycles. The summed E-state index contributed by atoms with van der Waals surface area (Å²) in [6.07, 6.45) is 0.848. The predicted octanol–water partition coefficient (Wildman–Crippen LogP) is 0.508. The zero-order valence-electron chi connectivity index (χ0n) is 6.90. The van der Waals surface area contributed by atoms with E-state index < -0.39 is 5.97 Å². The summed E-state index contributed by atoms with van der Waals surface area (Å²) < 4.78 is 0. The number of nitrogens with zero attached hydrogens (tertiary/aromatic N) is 1. The van der Waals surface area contributed by atoms with Crippen molar-refractivity contribution in [3.05, 3.63) is 0 Å². The lowest BCUT2D eigenvalue weighted by atomic mass is 10.0. The maximum Gasteiger partial charge on any atom is 0.308 e. The molecule has 2 saturated heterocycles. The molecule has 1 N–H and O–H groups in total. The Morgan fingerprint density at radius 1 is 1.50 bits per heavy atom. The van der Waals surface area contributed by atoms with Crippen LogP contribution < -0.4 is 0 Å². The Kier molecular flexibility index (Phi) is 2.28. The molecule has 0 amide bonds. The van der Waals surface area contributed by atoms with Crippen molar-refractivity contribution in [1.82, 2.24) is 4.90 Å². The van der Waals surface area contributed by atoms with E-state index in [1.54, 1.807) is 0 Å². The fourth-order valence-electron chi connectivity index (χ4n) is 2.09. The molecule has 2 rings (SSSR count). The molecule has 0 aromatic carbocycles. The summed E-state index contributed by atoms with van der Waals surface area (Å²) in [5.74, 6) is 1.47. The largest absolute Gasteiger partial charge is 0.481 e. The Hall–Kier alpha value is -0.220. The van der Waals surface area contributed by atoms with Gasteiger partial charge in [0, 0.05) is 24.1 Å².